The standard InChI is InChI=1S/C7H8F3N3O3/c8-7(9,10)3-15-6(14)11-2-1-5-12-4-16-13-5/h4H,1-3H2,(H,11,14). The fourth-order valence-corrected chi connectivity index (χ4v) is 0.777. The average Bonchev–Trinajstić information content (AvgIpc) is 2.66. The Balaban J connectivity index is 2.11. The Labute approximate surface area is 87.8 Å². The van der Waals surface area contributed by atoms with Crippen LogP contribution in [-0.4, -0.2) is 35.6 Å². The highest BCUT2D eigenvalue weighted by Gasteiger charge is 2.29. The molecule has 0 spiro atoms. The summed E-state index contributed by atoms with van der Waals surface area (Å²) in [5.41, 5.74) is 0. The molecule has 1 aromatic rings. The zero-order valence-electron chi connectivity index (χ0n) is 7.95. The van der Waals surface area contributed by atoms with Crippen molar-refractivity contribution in [1.29, 1.82) is 0 Å². The number of ether oxygens (including phenoxy) is 1. The van der Waals surface area contributed by atoms with E-state index in [1.165, 1.54) is 0 Å². The Hall–Kier alpha value is -1.80. The Bertz CT molecular complexity index is 325. The van der Waals surface area contributed by atoms with Crippen LogP contribution >= 0.6 is 0 Å². The number of alkyl halides is 3. The number of aromatic nitrogens is 2. The van der Waals surface area contributed by atoms with E-state index in [-0.39, 0.29) is 13.0 Å². The van der Waals surface area contributed by atoms with Gasteiger partial charge in [0.25, 0.3) is 0 Å². The van der Waals surface area contributed by atoms with Crippen LogP contribution in [0.4, 0.5) is 18.0 Å². The van der Waals surface area contributed by atoms with E-state index in [0.717, 1.165) is 6.39 Å². The molecule has 1 heterocycles. The molecule has 0 bridgehead atoms. The van der Waals surface area contributed by atoms with Crippen LogP contribution in [0.1, 0.15) is 5.82 Å². The quantitative estimate of drug-likeness (QED) is 0.844. The number of amides is 1. The first-order valence-corrected chi connectivity index (χ1v) is 4.20. The summed E-state index contributed by atoms with van der Waals surface area (Å²) in [6.07, 6.45) is -4.30. The maximum Gasteiger partial charge on any atom is 0.422 e. The molecule has 0 aliphatic heterocycles. The van der Waals surface area contributed by atoms with Crippen molar-refractivity contribution in [2.24, 2.45) is 0 Å². The Morgan fingerprint density at radius 2 is 2.31 bits per heavy atom. The lowest BCUT2D eigenvalue weighted by atomic mass is 10.4. The van der Waals surface area contributed by atoms with Gasteiger partial charge in [0, 0.05) is 13.0 Å². The van der Waals surface area contributed by atoms with Crippen molar-refractivity contribution in [3.63, 3.8) is 0 Å². The summed E-state index contributed by atoms with van der Waals surface area (Å²) in [7, 11) is 0. The lowest BCUT2D eigenvalue weighted by molar-refractivity contribution is -0.160. The molecule has 6 nitrogen and oxygen atoms in total. The number of rotatable bonds is 4. The second-order valence-electron chi connectivity index (χ2n) is 2.72. The van der Waals surface area contributed by atoms with Crippen LogP contribution in [0.3, 0.4) is 0 Å². The van der Waals surface area contributed by atoms with Gasteiger partial charge in [-0.2, -0.15) is 18.2 Å². The van der Waals surface area contributed by atoms with Crippen LogP contribution < -0.4 is 5.32 Å². The predicted molar refractivity (Wildman–Crippen MR) is 43.4 cm³/mol. The van der Waals surface area contributed by atoms with E-state index in [4.69, 9.17) is 0 Å². The van der Waals surface area contributed by atoms with Crippen molar-refractivity contribution in [3.05, 3.63) is 12.2 Å². The zero-order valence-corrected chi connectivity index (χ0v) is 7.95. The second-order valence-corrected chi connectivity index (χ2v) is 2.72. The van der Waals surface area contributed by atoms with E-state index in [2.05, 4.69) is 24.7 Å². The number of halogens is 3. The van der Waals surface area contributed by atoms with Gasteiger partial charge in [0.2, 0.25) is 6.39 Å². The van der Waals surface area contributed by atoms with E-state index in [0.29, 0.717) is 5.82 Å². The fraction of sp³-hybridized carbons (Fsp3) is 0.571. The number of nitrogens with one attached hydrogen (secondary N) is 1. The lowest BCUT2D eigenvalue weighted by Gasteiger charge is -2.08. The highest BCUT2D eigenvalue weighted by Crippen LogP contribution is 2.14. The lowest BCUT2D eigenvalue weighted by Crippen LogP contribution is -2.30. The summed E-state index contributed by atoms with van der Waals surface area (Å²) in [5.74, 6) is 0.344. The third-order valence-electron chi connectivity index (χ3n) is 1.39. The molecule has 16 heavy (non-hydrogen) atoms. The van der Waals surface area contributed by atoms with Crippen LogP contribution in [0.25, 0.3) is 0 Å². The molecule has 0 saturated heterocycles. The summed E-state index contributed by atoms with van der Waals surface area (Å²) < 4.78 is 43.2. The zero-order chi connectivity index (χ0) is 12.0. The van der Waals surface area contributed by atoms with Gasteiger partial charge in [-0.3, -0.25) is 0 Å². The van der Waals surface area contributed by atoms with Crippen molar-refractivity contribution >= 4 is 6.09 Å². The first kappa shape index (κ1) is 12.3. The molecule has 0 aromatic carbocycles. The number of carbonyl (C=O) groups is 1. The summed E-state index contributed by atoms with van der Waals surface area (Å²) in [5, 5.41) is 5.55. The van der Waals surface area contributed by atoms with Gasteiger partial charge in [0.05, 0.1) is 0 Å². The number of alkyl carbamates (subject to hydrolysis) is 1. The summed E-state index contributed by atoms with van der Waals surface area (Å²) in [4.78, 5) is 14.4. The molecule has 90 valence electrons. The van der Waals surface area contributed by atoms with Crippen molar-refractivity contribution < 1.29 is 27.2 Å². The molecule has 0 atom stereocenters. The maximum atomic E-state index is 11.6. The minimum Gasteiger partial charge on any atom is -0.440 e. The smallest absolute Gasteiger partial charge is 0.422 e. The molecule has 0 unspecified atom stereocenters. The van der Waals surface area contributed by atoms with Gasteiger partial charge >= 0.3 is 12.3 Å². The van der Waals surface area contributed by atoms with Gasteiger partial charge < -0.3 is 14.6 Å². The van der Waals surface area contributed by atoms with Gasteiger partial charge in [-0.05, 0) is 0 Å². The maximum absolute atomic E-state index is 11.6. The third kappa shape index (κ3) is 5.17. The number of nitrogens with zero attached hydrogens (tertiary/aromatic N) is 2. The summed E-state index contributed by atoms with van der Waals surface area (Å²) >= 11 is 0. The first-order chi connectivity index (χ1) is 7.47. The average molecular weight is 239 g/mol. The molecular weight excluding hydrogens is 231 g/mol. The fourth-order valence-electron chi connectivity index (χ4n) is 0.777. The molecule has 1 amide bonds. The van der Waals surface area contributed by atoms with Crippen molar-refractivity contribution in [3.8, 4) is 0 Å². The largest absolute Gasteiger partial charge is 0.440 e. The third-order valence-corrected chi connectivity index (χ3v) is 1.39. The summed E-state index contributed by atoms with van der Waals surface area (Å²) in [6.45, 7) is -1.54. The predicted octanol–water partition coefficient (Wildman–Crippen LogP) is 0.901. The molecule has 0 fully saturated rings. The van der Waals surface area contributed by atoms with Crippen LogP contribution in [0, 0.1) is 0 Å². The van der Waals surface area contributed by atoms with E-state index < -0.39 is 18.9 Å². The van der Waals surface area contributed by atoms with Crippen LogP contribution in [0.15, 0.2) is 10.9 Å². The van der Waals surface area contributed by atoms with E-state index in [9.17, 15) is 18.0 Å². The first-order valence-electron chi connectivity index (χ1n) is 4.20. The molecule has 9 heteroatoms. The minimum absolute atomic E-state index is 0.0657. The van der Waals surface area contributed by atoms with Gasteiger partial charge in [-0.25, -0.2) is 4.79 Å². The molecular formula is C7H8F3N3O3. The van der Waals surface area contributed by atoms with Crippen LogP contribution in [0.2, 0.25) is 0 Å². The van der Waals surface area contributed by atoms with Crippen LogP contribution in [-0.2, 0) is 11.2 Å². The monoisotopic (exact) mass is 239 g/mol. The van der Waals surface area contributed by atoms with Crippen molar-refractivity contribution in [2.75, 3.05) is 13.2 Å². The molecule has 1 N–H and O–H groups in total. The molecule has 0 saturated carbocycles. The Morgan fingerprint density at radius 3 is 2.88 bits per heavy atom. The molecule has 0 aliphatic rings. The Kier molecular flexibility index (Phi) is 4.09. The minimum atomic E-state index is -4.52. The molecule has 0 radical (unpaired) electrons. The van der Waals surface area contributed by atoms with Crippen LogP contribution in [0.5, 0.6) is 0 Å². The van der Waals surface area contributed by atoms with E-state index in [1.807, 2.05) is 0 Å². The molecule has 0 aliphatic carbocycles. The van der Waals surface area contributed by atoms with Crippen molar-refractivity contribution in [1.82, 2.24) is 15.5 Å². The summed E-state index contributed by atoms with van der Waals surface area (Å²) in [6, 6.07) is 0. The molecule has 1 aromatic heterocycles. The number of hydrogen-bond donors (Lipinski definition) is 1. The highest BCUT2D eigenvalue weighted by atomic mass is 19.4. The Morgan fingerprint density at radius 1 is 1.56 bits per heavy atom. The van der Waals surface area contributed by atoms with Gasteiger partial charge in [0.1, 0.15) is 0 Å². The topological polar surface area (TPSA) is 77.3 Å². The SMILES string of the molecule is O=C(NCCc1ncon1)OCC(F)(F)F. The van der Waals surface area contributed by atoms with E-state index in [1.54, 1.807) is 0 Å². The second kappa shape index (κ2) is 5.33. The number of carbonyl (C=O) groups excluding carboxylic acids is 1. The highest BCUT2D eigenvalue weighted by molar-refractivity contribution is 5.67. The molecule has 1 rings (SSSR count). The normalized spacial score (nSPS) is 11.2. The van der Waals surface area contributed by atoms with E-state index >= 15 is 0 Å². The van der Waals surface area contributed by atoms with Gasteiger partial charge in [-0.15, -0.1) is 0 Å². The van der Waals surface area contributed by atoms with Gasteiger partial charge in [0.15, 0.2) is 12.4 Å². The number of hydrogen-bond acceptors (Lipinski definition) is 5. The van der Waals surface area contributed by atoms with Gasteiger partial charge in [-0.1, -0.05) is 5.16 Å². The van der Waals surface area contributed by atoms with Crippen molar-refractivity contribution in [2.45, 2.75) is 12.6 Å².